The molecule has 1 aromatic heterocycles. The Balaban J connectivity index is 1.42. The number of hydrogen-bond acceptors (Lipinski definition) is 6. The summed E-state index contributed by atoms with van der Waals surface area (Å²) in [5.74, 6) is 1.44. The first-order valence-corrected chi connectivity index (χ1v) is 8.50. The lowest BCUT2D eigenvalue weighted by Gasteiger charge is -2.36. The largest absolute Gasteiger partial charge is 0.368 e. The summed E-state index contributed by atoms with van der Waals surface area (Å²) in [5.41, 5.74) is 1.06. The van der Waals surface area contributed by atoms with Gasteiger partial charge >= 0.3 is 0 Å². The molecule has 0 bridgehead atoms. The zero-order valence-corrected chi connectivity index (χ0v) is 13.6. The summed E-state index contributed by atoms with van der Waals surface area (Å²) in [6.45, 7) is 5.54. The Kier molecular flexibility index (Phi) is 4.15. The second-order valence-corrected chi connectivity index (χ2v) is 6.26. The molecule has 2 aliphatic heterocycles. The monoisotopic (exact) mass is 328 g/mol. The molecule has 0 saturated carbocycles. The first kappa shape index (κ1) is 15.1. The van der Waals surface area contributed by atoms with E-state index >= 15 is 0 Å². The highest BCUT2D eigenvalue weighted by Gasteiger charge is 2.21. The standard InChI is InChI=1S/C17H21FN6/c18-14-3-5-15(6-4-14)22-9-11-23(12-10-22)16-13-19-21-17(20-16)24-7-1-2-8-24/h3-6,13H,1-2,7-12H2. The summed E-state index contributed by atoms with van der Waals surface area (Å²) < 4.78 is 13.1. The van der Waals surface area contributed by atoms with Gasteiger partial charge in [-0.1, -0.05) is 0 Å². The maximum Gasteiger partial charge on any atom is 0.247 e. The number of nitrogens with zero attached hydrogens (tertiary/aromatic N) is 6. The average Bonchev–Trinajstić information content (AvgIpc) is 3.17. The van der Waals surface area contributed by atoms with E-state index in [1.54, 1.807) is 6.20 Å². The molecule has 0 amide bonds. The van der Waals surface area contributed by atoms with Crippen LogP contribution in [0.5, 0.6) is 0 Å². The lowest BCUT2D eigenvalue weighted by Crippen LogP contribution is -2.47. The first-order chi connectivity index (χ1) is 11.8. The van der Waals surface area contributed by atoms with Crippen LogP contribution in [0.15, 0.2) is 30.5 Å². The van der Waals surface area contributed by atoms with Crippen molar-refractivity contribution in [3.8, 4) is 0 Å². The van der Waals surface area contributed by atoms with Crippen molar-refractivity contribution in [2.24, 2.45) is 0 Å². The van der Waals surface area contributed by atoms with Crippen LogP contribution in [0.4, 0.5) is 21.8 Å². The quantitative estimate of drug-likeness (QED) is 0.858. The normalized spacial score (nSPS) is 18.3. The molecule has 0 spiro atoms. The van der Waals surface area contributed by atoms with E-state index in [2.05, 4.69) is 24.9 Å². The third-order valence-corrected chi connectivity index (χ3v) is 4.72. The average molecular weight is 328 g/mol. The molecule has 0 N–H and O–H groups in total. The number of halogens is 1. The zero-order valence-electron chi connectivity index (χ0n) is 13.6. The van der Waals surface area contributed by atoms with E-state index in [1.165, 1.54) is 25.0 Å². The molecule has 0 aliphatic carbocycles. The third kappa shape index (κ3) is 3.11. The predicted octanol–water partition coefficient (Wildman–Crippen LogP) is 1.94. The molecule has 0 radical (unpaired) electrons. The lowest BCUT2D eigenvalue weighted by molar-refractivity contribution is 0.623. The van der Waals surface area contributed by atoms with Crippen LogP contribution in [0.1, 0.15) is 12.8 Å². The van der Waals surface area contributed by atoms with Crippen LogP contribution in [0.2, 0.25) is 0 Å². The topological polar surface area (TPSA) is 48.4 Å². The van der Waals surface area contributed by atoms with E-state index < -0.39 is 0 Å². The third-order valence-electron chi connectivity index (χ3n) is 4.72. The Hall–Kier alpha value is -2.44. The molecule has 4 rings (SSSR count). The second kappa shape index (κ2) is 6.59. The number of benzene rings is 1. The predicted molar refractivity (Wildman–Crippen MR) is 92.1 cm³/mol. The molecule has 1 aromatic carbocycles. The summed E-state index contributed by atoms with van der Waals surface area (Å²) in [6, 6.07) is 6.70. The van der Waals surface area contributed by atoms with Gasteiger partial charge in [0.1, 0.15) is 5.82 Å². The van der Waals surface area contributed by atoms with Crippen LogP contribution in [0.3, 0.4) is 0 Å². The van der Waals surface area contributed by atoms with Gasteiger partial charge in [-0.15, -0.1) is 5.10 Å². The van der Waals surface area contributed by atoms with Crippen molar-refractivity contribution < 1.29 is 4.39 Å². The Morgan fingerprint density at radius 1 is 0.792 bits per heavy atom. The smallest absolute Gasteiger partial charge is 0.247 e. The molecular formula is C17H21FN6. The van der Waals surface area contributed by atoms with Crippen LogP contribution in [-0.2, 0) is 0 Å². The van der Waals surface area contributed by atoms with Crippen LogP contribution in [0, 0.1) is 5.82 Å². The van der Waals surface area contributed by atoms with Gasteiger partial charge in [0.2, 0.25) is 5.95 Å². The number of hydrogen-bond donors (Lipinski definition) is 0. The minimum absolute atomic E-state index is 0.195. The Bertz CT molecular complexity index is 678. The van der Waals surface area contributed by atoms with E-state index in [9.17, 15) is 4.39 Å². The summed E-state index contributed by atoms with van der Waals surface area (Å²) in [7, 11) is 0. The zero-order chi connectivity index (χ0) is 16.4. The van der Waals surface area contributed by atoms with E-state index in [0.717, 1.165) is 56.7 Å². The van der Waals surface area contributed by atoms with Crippen LogP contribution >= 0.6 is 0 Å². The fourth-order valence-corrected chi connectivity index (χ4v) is 3.33. The van der Waals surface area contributed by atoms with Crippen molar-refractivity contribution in [3.63, 3.8) is 0 Å². The first-order valence-electron chi connectivity index (χ1n) is 8.50. The molecule has 2 aromatic rings. The van der Waals surface area contributed by atoms with E-state index in [4.69, 9.17) is 4.98 Å². The summed E-state index contributed by atoms with van der Waals surface area (Å²) in [5, 5.41) is 8.32. The van der Waals surface area contributed by atoms with Crippen molar-refractivity contribution >= 4 is 17.5 Å². The van der Waals surface area contributed by atoms with Crippen molar-refractivity contribution in [1.29, 1.82) is 0 Å². The van der Waals surface area contributed by atoms with Gasteiger partial charge in [-0.25, -0.2) is 4.39 Å². The summed E-state index contributed by atoms with van der Waals surface area (Å²) >= 11 is 0. The summed E-state index contributed by atoms with van der Waals surface area (Å²) in [6.07, 6.45) is 4.14. The van der Waals surface area contributed by atoms with Gasteiger partial charge in [0, 0.05) is 45.0 Å². The van der Waals surface area contributed by atoms with Gasteiger partial charge < -0.3 is 14.7 Å². The van der Waals surface area contributed by atoms with E-state index in [-0.39, 0.29) is 5.82 Å². The molecule has 2 aliphatic rings. The highest BCUT2D eigenvalue weighted by Crippen LogP contribution is 2.21. The Morgan fingerprint density at radius 3 is 2.17 bits per heavy atom. The van der Waals surface area contributed by atoms with Crippen molar-refractivity contribution in [3.05, 3.63) is 36.3 Å². The minimum atomic E-state index is -0.195. The fourth-order valence-electron chi connectivity index (χ4n) is 3.33. The van der Waals surface area contributed by atoms with Crippen molar-refractivity contribution in [1.82, 2.24) is 15.2 Å². The number of aromatic nitrogens is 3. The fraction of sp³-hybridized carbons (Fsp3) is 0.471. The maximum atomic E-state index is 13.1. The molecule has 0 atom stereocenters. The molecular weight excluding hydrogens is 307 g/mol. The summed E-state index contributed by atoms with van der Waals surface area (Å²) in [4.78, 5) is 11.4. The van der Waals surface area contributed by atoms with Gasteiger partial charge in [-0.05, 0) is 37.1 Å². The molecule has 0 unspecified atom stereocenters. The molecule has 2 fully saturated rings. The van der Waals surface area contributed by atoms with Crippen LogP contribution in [-0.4, -0.2) is 54.4 Å². The van der Waals surface area contributed by atoms with Gasteiger partial charge in [-0.3, -0.25) is 0 Å². The molecule has 7 heteroatoms. The van der Waals surface area contributed by atoms with Crippen molar-refractivity contribution in [2.45, 2.75) is 12.8 Å². The molecule has 3 heterocycles. The highest BCUT2D eigenvalue weighted by atomic mass is 19.1. The number of rotatable bonds is 3. The lowest BCUT2D eigenvalue weighted by atomic mass is 10.2. The molecule has 126 valence electrons. The van der Waals surface area contributed by atoms with Gasteiger partial charge in [0.25, 0.3) is 0 Å². The SMILES string of the molecule is Fc1ccc(N2CCN(c3cnnc(N4CCCC4)n3)CC2)cc1. The molecule has 24 heavy (non-hydrogen) atoms. The second-order valence-electron chi connectivity index (χ2n) is 6.26. The Labute approximate surface area is 140 Å². The number of piperazine rings is 1. The van der Waals surface area contributed by atoms with Crippen molar-refractivity contribution in [2.75, 3.05) is 54.0 Å². The minimum Gasteiger partial charge on any atom is -0.368 e. The highest BCUT2D eigenvalue weighted by molar-refractivity contribution is 5.49. The van der Waals surface area contributed by atoms with Gasteiger partial charge in [0.15, 0.2) is 5.82 Å². The van der Waals surface area contributed by atoms with E-state index in [0.29, 0.717) is 0 Å². The van der Waals surface area contributed by atoms with Crippen LogP contribution in [0.25, 0.3) is 0 Å². The molecule has 6 nitrogen and oxygen atoms in total. The molecule has 2 saturated heterocycles. The number of anilines is 3. The van der Waals surface area contributed by atoms with Gasteiger partial charge in [0.05, 0.1) is 6.20 Å². The Morgan fingerprint density at radius 2 is 1.46 bits per heavy atom. The van der Waals surface area contributed by atoms with Crippen LogP contribution < -0.4 is 14.7 Å². The maximum absolute atomic E-state index is 13.1. The van der Waals surface area contributed by atoms with Gasteiger partial charge in [-0.2, -0.15) is 10.1 Å². The van der Waals surface area contributed by atoms with E-state index in [1.807, 2.05) is 12.1 Å².